The summed E-state index contributed by atoms with van der Waals surface area (Å²) in [7, 11) is 0. The van der Waals surface area contributed by atoms with Gasteiger partial charge < -0.3 is 14.3 Å². The second kappa shape index (κ2) is 10.2. The molecule has 2 amide bonds. The smallest absolute Gasteiger partial charge is 0.255 e. The van der Waals surface area contributed by atoms with Crippen LogP contribution in [0.5, 0.6) is 0 Å². The first-order valence-corrected chi connectivity index (χ1v) is 11.3. The molecule has 2 aromatic rings. The maximum Gasteiger partial charge on any atom is 0.255 e. The van der Waals surface area contributed by atoms with Gasteiger partial charge in [0.15, 0.2) is 5.82 Å². The number of aryl methyl sites for hydroxylation is 1. The third-order valence-electron chi connectivity index (χ3n) is 5.90. The minimum Gasteiger partial charge on any atom is -0.343 e. The third-order valence-corrected chi connectivity index (χ3v) is 6.23. The Balaban J connectivity index is 1.22. The third kappa shape index (κ3) is 5.62. The second-order valence-corrected chi connectivity index (χ2v) is 8.50. The van der Waals surface area contributed by atoms with E-state index < -0.39 is 0 Å². The molecule has 1 aromatic heterocycles. The van der Waals surface area contributed by atoms with Crippen LogP contribution < -0.4 is 0 Å². The monoisotopic (exact) mass is 445 g/mol. The Morgan fingerprint density at radius 1 is 0.968 bits per heavy atom. The fourth-order valence-corrected chi connectivity index (χ4v) is 4.30. The standard InChI is InChI=1S/C22H28ClN5O3/c23-18-7-3-2-6-17(18)22(30)28-14-12-26(13-15-28)16-19-24-20(31-25-19)8-9-21(29)27-10-4-1-5-11-27/h2-3,6-7H,1,4-5,8-16H2. The molecule has 2 saturated heterocycles. The summed E-state index contributed by atoms with van der Waals surface area (Å²) in [5.74, 6) is 1.25. The normalized spacial score (nSPS) is 17.7. The van der Waals surface area contributed by atoms with Gasteiger partial charge in [0, 0.05) is 52.1 Å². The number of piperazine rings is 1. The number of aromatic nitrogens is 2. The summed E-state index contributed by atoms with van der Waals surface area (Å²) in [6.07, 6.45) is 4.27. The predicted molar refractivity (Wildman–Crippen MR) is 116 cm³/mol. The van der Waals surface area contributed by atoms with Crippen molar-refractivity contribution in [2.24, 2.45) is 0 Å². The first-order valence-electron chi connectivity index (χ1n) is 11.0. The van der Waals surface area contributed by atoms with E-state index >= 15 is 0 Å². The van der Waals surface area contributed by atoms with Crippen molar-refractivity contribution in [1.29, 1.82) is 0 Å². The molecule has 9 heteroatoms. The number of carbonyl (C=O) groups excluding carboxylic acids is 2. The van der Waals surface area contributed by atoms with Crippen molar-refractivity contribution in [3.63, 3.8) is 0 Å². The van der Waals surface area contributed by atoms with E-state index in [0.717, 1.165) is 39.0 Å². The van der Waals surface area contributed by atoms with E-state index in [9.17, 15) is 9.59 Å². The molecule has 2 aliphatic heterocycles. The first kappa shape index (κ1) is 21.8. The molecule has 0 radical (unpaired) electrons. The molecule has 0 unspecified atom stereocenters. The Morgan fingerprint density at radius 2 is 1.71 bits per heavy atom. The lowest BCUT2D eigenvalue weighted by atomic mass is 10.1. The molecule has 166 valence electrons. The SMILES string of the molecule is O=C(CCc1nc(CN2CCN(C(=O)c3ccccc3Cl)CC2)no1)N1CCCCC1. The van der Waals surface area contributed by atoms with Crippen LogP contribution >= 0.6 is 11.6 Å². The molecule has 4 rings (SSSR count). The molecule has 1 aromatic carbocycles. The Kier molecular flexibility index (Phi) is 7.19. The van der Waals surface area contributed by atoms with Crippen LogP contribution in [0.2, 0.25) is 5.02 Å². The van der Waals surface area contributed by atoms with Gasteiger partial charge in [-0.1, -0.05) is 28.9 Å². The maximum absolute atomic E-state index is 12.7. The first-order chi connectivity index (χ1) is 15.1. The number of hydrogen-bond donors (Lipinski definition) is 0. The molecule has 0 bridgehead atoms. The topological polar surface area (TPSA) is 82.8 Å². The van der Waals surface area contributed by atoms with Crippen molar-refractivity contribution in [2.45, 2.75) is 38.6 Å². The van der Waals surface area contributed by atoms with E-state index in [1.165, 1.54) is 6.42 Å². The van der Waals surface area contributed by atoms with Crippen LogP contribution in [0.1, 0.15) is 47.8 Å². The number of benzene rings is 1. The molecular weight excluding hydrogens is 418 g/mol. The Morgan fingerprint density at radius 3 is 2.45 bits per heavy atom. The van der Waals surface area contributed by atoms with E-state index in [2.05, 4.69) is 15.0 Å². The second-order valence-electron chi connectivity index (χ2n) is 8.09. The minimum atomic E-state index is -0.0366. The van der Waals surface area contributed by atoms with Gasteiger partial charge in [0.05, 0.1) is 17.1 Å². The van der Waals surface area contributed by atoms with E-state index in [0.29, 0.717) is 54.8 Å². The van der Waals surface area contributed by atoms with Crippen molar-refractivity contribution < 1.29 is 14.1 Å². The number of halogens is 1. The zero-order valence-corrected chi connectivity index (χ0v) is 18.4. The molecule has 0 spiro atoms. The molecule has 31 heavy (non-hydrogen) atoms. The van der Waals surface area contributed by atoms with Crippen molar-refractivity contribution >= 4 is 23.4 Å². The highest BCUT2D eigenvalue weighted by Gasteiger charge is 2.24. The zero-order valence-electron chi connectivity index (χ0n) is 17.6. The number of likely N-dealkylation sites (tertiary alicyclic amines) is 1. The van der Waals surface area contributed by atoms with Gasteiger partial charge in [0.25, 0.3) is 5.91 Å². The fraction of sp³-hybridized carbons (Fsp3) is 0.545. The molecule has 8 nitrogen and oxygen atoms in total. The lowest BCUT2D eigenvalue weighted by molar-refractivity contribution is -0.132. The number of piperidine rings is 1. The van der Waals surface area contributed by atoms with E-state index in [-0.39, 0.29) is 11.8 Å². The highest BCUT2D eigenvalue weighted by molar-refractivity contribution is 6.33. The van der Waals surface area contributed by atoms with Gasteiger partial charge in [0.1, 0.15) is 0 Å². The largest absolute Gasteiger partial charge is 0.343 e. The molecule has 2 aliphatic rings. The summed E-state index contributed by atoms with van der Waals surface area (Å²) in [4.78, 5) is 35.4. The summed E-state index contributed by atoms with van der Waals surface area (Å²) in [6, 6.07) is 7.13. The average Bonchev–Trinajstić information content (AvgIpc) is 3.25. The highest BCUT2D eigenvalue weighted by Crippen LogP contribution is 2.18. The summed E-state index contributed by atoms with van der Waals surface area (Å²) in [6.45, 7) is 4.99. The van der Waals surface area contributed by atoms with Gasteiger partial charge in [-0.15, -0.1) is 0 Å². The summed E-state index contributed by atoms with van der Waals surface area (Å²) >= 11 is 6.16. The van der Waals surface area contributed by atoms with Crippen LogP contribution in [-0.4, -0.2) is 75.9 Å². The van der Waals surface area contributed by atoms with Crippen LogP contribution in [0.25, 0.3) is 0 Å². The molecule has 0 aliphatic carbocycles. The molecular formula is C22H28ClN5O3. The predicted octanol–water partition coefficient (Wildman–Crippen LogP) is 2.63. The van der Waals surface area contributed by atoms with Gasteiger partial charge in [0.2, 0.25) is 11.8 Å². The number of rotatable bonds is 6. The van der Waals surface area contributed by atoms with Crippen molar-refractivity contribution in [1.82, 2.24) is 24.8 Å². The molecule has 3 heterocycles. The molecule has 0 atom stereocenters. The van der Waals surface area contributed by atoms with Crippen LogP contribution in [0, 0.1) is 0 Å². The Bertz CT molecular complexity index is 904. The average molecular weight is 446 g/mol. The van der Waals surface area contributed by atoms with Crippen LogP contribution in [0.15, 0.2) is 28.8 Å². The molecule has 0 saturated carbocycles. The van der Waals surface area contributed by atoms with Crippen LogP contribution in [-0.2, 0) is 17.8 Å². The maximum atomic E-state index is 12.7. The van der Waals surface area contributed by atoms with Crippen LogP contribution in [0.3, 0.4) is 0 Å². The minimum absolute atomic E-state index is 0.0366. The van der Waals surface area contributed by atoms with Gasteiger partial charge in [-0.05, 0) is 31.4 Å². The van der Waals surface area contributed by atoms with E-state index in [1.54, 1.807) is 12.1 Å². The lowest BCUT2D eigenvalue weighted by Crippen LogP contribution is -2.48. The van der Waals surface area contributed by atoms with Gasteiger partial charge >= 0.3 is 0 Å². The molecule has 0 N–H and O–H groups in total. The molecule has 2 fully saturated rings. The van der Waals surface area contributed by atoms with Gasteiger partial charge in [-0.2, -0.15) is 4.98 Å². The quantitative estimate of drug-likeness (QED) is 0.679. The van der Waals surface area contributed by atoms with Gasteiger partial charge in [-0.3, -0.25) is 14.5 Å². The summed E-state index contributed by atoms with van der Waals surface area (Å²) < 4.78 is 5.34. The van der Waals surface area contributed by atoms with E-state index in [1.807, 2.05) is 21.9 Å². The van der Waals surface area contributed by atoms with Crippen molar-refractivity contribution in [3.05, 3.63) is 46.6 Å². The van der Waals surface area contributed by atoms with Crippen molar-refractivity contribution in [3.8, 4) is 0 Å². The number of hydrogen-bond acceptors (Lipinski definition) is 6. The Hall–Kier alpha value is -2.45. The summed E-state index contributed by atoms with van der Waals surface area (Å²) in [5.41, 5.74) is 0.541. The van der Waals surface area contributed by atoms with Gasteiger partial charge in [-0.25, -0.2) is 0 Å². The van der Waals surface area contributed by atoms with E-state index in [4.69, 9.17) is 16.1 Å². The highest BCUT2D eigenvalue weighted by atomic mass is 35.5. The van der Waals surface area contributed by atoms with Crippen molar-refractivity contribution in [2.75, 3.05) is 39.3 Å². The number of carbonyl (C=O) groups is 2. The van der Waals surface area contributed by atoms with Crippen LogP contribution in [0.4, 0.5) is 0 Å². The lowest BCUT2D eigenvalue weighted by Gasteiger charge is -2.34. The Labute approximate surface area is 187 Å². The zero-order chi connectivity index (χ0) is 21.6. The summed E-state index contributed by atoms with van der Waals surface area (Å²) in [5, 5.41) is 4.54. The number of nitrogens with zero attached hydrogens (tertiary/aromatic N) is 5. The fourth-order valence-electron chi connectivity index (χ4n) is 4.09. The number of amides is 2.